The zero-order valence-corrected chi connectivity index (χ0v) is 12.2. The van der Waals surface area contributed by atoms with Crippen molar-refractivity contribution in [3.63, 3.8) is 0 Å². The Morgan fingerprint density at radius 2 is 2.10 bits per heavy atom. The van der Waals surface area contributed by atoms with Gasteiger partial charge >= 0.3 is 12.0 Å². The number of aryl methyl sites for hydroxylation is 1. The van der Waals surface area contributed by atoms with E-state index in [-0.39, 0.29) is 5.69 Å². The number of nitrogens with one attached hydrogen (secondary N) is 2. The Kier molecular flexibility index (Phi) is 5.57. The highest BCUT2D eigenvalue weighted by Gasteiger charge is 2.22. The summed E-state index contributed by atoms with van der Waals surface area (Å²) in [6.07, 6.45) is 0.441. The van der Waals surface area contributed by atoms with Crippen LogP contribution in [0.1, 0.15) is 24.3 Å². The zero-order chi connectivity index (χ0) is 15.3. The fraction of sp³-hybridized carbons (Fsp3) is 0.417. The van der Waals surface area contributed by atoms with Crippen molar-refractivity contribution in [1.82, 2.24) is 15.2 Å². The molecule has 1 aromatic heterocycles. The van der Waals surface area contributed by atoms with E-state index in [1.807, 2.05) is 0 Å². The summed E-state index contributed by atoms with van der Waals surface area (Å²) in [5, 5.41) is 4.84. The van der Waals surface area contributed by atoms with Gasteiger partial charge in [-0.05, 0) is 19.9 Å². The normalized spacial score (nSPS) is 11.6. The van der Waals surface area contributed by atoms with Gasteiger partial charge in [0, 0.05) is 19.8 Å². The fourth-order valence-corrected chi connectivity index (χ4v) is 1.67. The molecule has 0 saturated heterocycles. The minimum absolute atomic E-state index is 0.215. The molecule has 0 spiro atoms. The Hall–Kier alpha value is -2.02. The van der Waals surface area contributed by atoms with Crippen LogP contribution in [0.4, 0.5) is 4.79 Å². The van der Waals surface area contributed by atoms with E-state index in [9.17, 15) is 14.4 Å². The first kappa shape index (κ1) is 16.0. The SMILES string of the molecule is CCNC(=O)NC(=O)[C@@H](C)OC(=O)c1cc(Cl)cn1C. The summed E-state index contributed by atoms with van der Waals surface area (Å²) in [6.45, 7) is 3.47. The van der Waals surface area contributed by atoms with Crippen molar-refractivity contribution in [2.24, 2.45) is 7.05 Å². The average molecular weight is 302 g/mol. The van der Waals surface area contributed by atoms with Gasteiger partial charge in [-0.2, -0.15) is 0 Å². The molecule has 0 saturated carbocycles. The molecule has 1 rings (SSSR count). The number of aromatic nitrogens is 1. The second-order valence-electron chi connectivity index (χ2n) is 4.05. The monoisotopic (exact) mass is 301 g/mol. The molecule has 7 nitrogen and oxygen atoms in total. The molecule has 20 heavy (non-hydrogen) atoms. The number of nitrogens with zero attached hydrogens (tertiary/aromatic N) is 1. The lowest BCUT2D eigenvalue weighted by Gasteiger charge is -2.13. The lowest BCUT2D eigenvalue weighted by atomic mass is 10.3. The first-order chi connectivity index (χ1) is 9.35. The van der Waals surface area contributed by atoms with E-state index in [4.69, 9.17) is 16.3 Å². The van der Waals surface area contributed by atoms with Gasteiger partial charge in [0.2, 0.25) is 0 Å². The number of hydrogen-bond acceptors (Lipinski definition) is 4. The van der Waals surface area contributed by atoms with E-state index >= 15 is 0 Å². The maximum Gasteiger partial charge on any atom is 0.355 e. The number of imide groups is 1. The van der Waals surface area contributed by atoms with Crippen molar-refractivity contribution in [1.29, 1.82) is 0 Å². The standard InChI is InChI=1S/C12H16ClN3O4/c1-4-14-12(19)15-10(17)7(2)20-11(18)9-5-8(13)6-16(9)3/h5-7H,4H2,1-3H3,(H2,14,15,17,19)/t7-/m1/s1. The topological polar surface area (TPSA) is 89.4 Å². The molecule has 1 aromatic rings. The van der Waals surface area contributed by atoms with Gasteiger partial charge in [-0.1, -0.05) is 11.6 Å². The van der Waals surface area contributed by atoms with Crippen LogP contribution in [-0.4, -0.2) is 35.1 Å². The molecule has 0 aromatic carbocycles. The van der Waals surface area contributed by atoms with E-state index in [0.717, 1.165) is 0 Å². The van der Waals surface area contributed by atoms with Crippen molar-refractivity contribution in [3.8, 4) is 0 Å². The Balaban J connectivity index is 2.59. The predicted molar refractivity (Wildman–Crippen MR) is 72.5 cm³/mol. The lowest BCUT2D eigenvalue weighted by Crippen LogP contribution is -2.44. The third-order valence-corrected chi connectivity index (χ3v) is 2.61. The molecule has 1 atom stereocenters. The molecule has 0 fully saturated rings. The van der Waals surface area contributed by atoms with Crippen LogP contribution in [-0.2, 0) is 16.6 Å². The Morgan fingerprint density at radius 1 is 1.45 bits per heavy atom. The summed E-state index contributed by atoms with van der Waals surface area (Å²) >= 11 is 5.75. The molecule has 0 aliphatic rings. The van der Waals surface area contributed by atoms with Crippen LogP contribution in [0.5, 0.6) is 0 Å². The van der Waals surface area contributed by atoms with Crippen LogP contribution in [0.3, 0.4) is 0 Å². The van der Waals surface area contributed by atoms with Crippen molar-refractivity contribution < 1.29 is 19.1 Å². The highest BCUT2D eigenvalue weighted by Crippen LogP contribution is 2.14. The van der Waals surface area contributed by atoms with Gasteiger partial charge < -0.3 is 14.6 Å². The van der Waals surface area contributed by atoms with E-state index in [2.05, 4.69) is 10.6 Å². The third kappa shape index (κ3) is 4.27. The fourth-order valence-electron chi connectivity index (χ4n) is 1.42. The Labute approximate surface area is 121 Å². The third-order valence-electron chi connectivity index (χ3n) is 2.41. The molecule has 1 heterocycles. The van der Waals surface area contributed by atoms with Gasteiger partial charge in [0.15, 0.2) is 6.10 Å². The maximum absolute atomic E-state index is 11.8. The first-order valence-corrected chi connectivity index (χ1v) is 6.34. The number of carbonyl (C=O) groups is 3. The second kappa shape index (κ2) is 6.95. The molecule has 8 heteroatoms. The van der Waals surface area contributed by atoms with Gasteiger partial charge in [-0.3, -0.25) is 10.1 Å². The quantitative estimate of drug-likeness (QED) is 0.814. The van der Waals surface area contributed by atoms with E-state index in [0.29, 0.717) is 11.6 Å². The van der Waals surface area contributed by atoms with Crippen molar-refractivity contribution in [2.75, 3.05) is 6.54 Å². The summed E-state index contributed by atoms with van der Waals surface area (Å²) in [4.78, 5) is 34.6. The minimum Gasteiger partial charge on any atom is -0.448 e. The van der Waals surface area contributed by atoms with Crippen LogP contribution in [0.25, 0.3) is 0 Å². The zero-order valence-electron chi connectivity index (χ0n) is 11.4. The van der Waals surface area contributed by atoms with Gasteiger partial charge in [-0.15, -0.1) is 0 Å². The summed E-state index contributed by atoms with van der Waals surface area (Å²) in [7, 11) is 1.63. The molecule has 0 aliphatic heterocycles. The minimum atomic E-state index is -1.10. The first-order valence-electron chi connectivity index (χ1n) is 5.96. The summed E-state index contributed by atoms with van der Waals surface area (Å²) < 4.78 is 6.45. The molecule has 0 bridgehead atoms. The van der Waals surface area contributed by atoms with Crippen LogP contribution in [0.2, 0.25) is 5.02 Å². The smallest absolute Gasteiger partial charge is 0.355 e. The lowest BCUT2D eigenvalue weighted by molar-refractivity contribution is -0.127. The molecule has 0 radical (unpaired) electrons. The number of carbonyl (C=O) groups excluding carboxylic acids is 3. The van der Waals surface area contributed by atoms with Crippen LogP contribution < -0.4 is 10.6 Å². The molecular weight excluding hydrogens is 286 g/mol. The molecule has 0 aliphatic carbocycles. The van der Waals surface area contributed by atoms with Crippen molar-refractivity contribution in [2.45, 2.75) is 20.0 Å². The van der Waals surface area contributed by atoms with E-state index < -0.39 is 24.0 Å². The Bertz CT molecular complexity index is 527. The molecule has 110 valence electrons. The Morgan fingerprint density at radius 3 is 2.60 bits per heavy atom. The molecule has 0 unspecified atom stereocenters. The van der Waals surface area contributed by atoms with Crippen LogP contribution in [0.15, 0.2) is 12.3 Å². The average Bonchev–Trinajstić information content (AvgIpc) is 2.68. The highest BCUT2D eigenvalue weighted by molar-refractivity contribution is 6.31. The number of urea groups is 1. The van der Waals surface area contributed by atoms with Crippen molar-refractivity contribution in [3.05, 3.63) is 23.0 Å². The molecule has 3 amide bonds. The molecule has 2 N–H and O–H groups in total. The second-order valence-corrected chi connectivity index (χ2v) is 4.49. The number of hydrogen-bond donors (Lipinski definition) is 2. The molecular formula is C12H16ClN3O4. The number of ether oxygens (including phenoxy) is 1. The van der Waals surface area contributed by atoms with E-state index in [1.54, 1.807) is 14.0 Å². The van der Waals surface area contributed by atoms with Crippen LogP contribution >= 0.6 is 11.6 Å². The summed E-state index contributed by atoms with van der Waals surface area (Å²) in [5.41, 5.74) is 0.215. The van der Waals surface area contributed by atoms with Gasteiger partial charge in [-0.25, -0.2) is 9.59 Å². The van der Waals surface area contributed by atoms with Gasteiger partial charge in [0.05, 0.1) is 5.02 Å². The number of rotatable bonds is 4. The van der Waals surface area contributed by atoms with Crippen molar-refractivity contribution >= 4 is 29.5 Å². The predicted octanol–water partition coefficient (Wildman–Crippen LogP) is 1.07. The number of halogens is 1. The van der Waals surface area contributed by atoms with Crippen LogP contribution in [0, 0.1) is 0 Å². The van der Waals surface area contributed by atoms with E-state index in [1.165, 1.54) is 23.8 Å². The largest absolute Gasteiger partial charge is 0.448 e. The van der Waals surface area contributed by atoms with Gasteiger partial charge in [0.25, 0.3) is 5.91 Å². The summed E-state index contributed by atoms with van der Waals surface area (Å²) in [5.74, 6) is -1.40. The van der Waals surface area contributed by atoms with Gasteiger partial charge in [0.1, 0.15) is 5.69 Å². The highest BCUT2D eigenvalue weighted by atomic mass is 35.5. The number of amides is 3. The summed E-state index contributed by atoms with van der Waals surface area (Å²) in [6, 6.07) is 0.792. The maximum atomic E-state index is 11.8. The number of esters is 1.